The Morgan fingerprint density at radius 2 is 2.14 bits per heavy atom. The van der Waals surface area contributed by atoms with Crippen LogP contribution in [0.2, 0.25) is 0 Å². The number of aromatic nitrogens is 1. The van der Waals surface area contributed by atoms with Crippen LogP contribution in [0.5, 0.6) is 0 Å². The molecule has 29 heavy (non-hydrogen) atoms. The number of carbonyl (C=O) groups excluding carboxylic acids is 1. The van der Waals surface area contributed by atoms with Crippen molar-refractivity contribution >= 4 is 16.8 Å². The first-order chi connectivity index (χ1) is 14.2. The summed E-state index contributed by atoms with van der Waals surface area (Å²) < 4.78 is 5.75. The van der Waals surface area contributed by atoms with E-state index in [0.717, 1.165) is 49.4 Å². The van der Waals surface area contributed by atoms with Crippen LogP contribution in [0.1, 0.15) is 42.4 Å². The lowest BCUT2D eigenvalue weighted by Gasteiger charge is -2.34. The quantitative estimate of drug-likeness (QED) is 0.680. The second kappa shape index (κ2) is 6.17. The molecule has 2 aromatic heterocycles. The number of benzene rings is 1. The summed E-state index contributed by atoms with van der Waals surface area (Å²) in [6.45, 7) is 4.36. The zero-order valence-corrected chi connectivity index (χ0v) is 16.7. The van der Waals surface area contributed by atoms with E-state index in [1.54, 1.807) is 0 Å². The van der Waals surface area contributed by atoms with E-state index in [2.05, 4.69) is 34.1 Å². The number of likely N-dealkylation sites (tertiary alicyclic amines) is 1. The van der Waals surface area contributed by atoms with Gasteiger partial charge in [-0.2, -0.15) is 0 Å². The van der Waals surface area contributed by atoms with Gasteiger partial charge in [-0.25, -0.2) is 0 Å². The van der Waals surface area contributed by atoms with Crippen molar-refractivity contribution < 1.29 is 9.21 Å². The fourth-order valence-electron chi connectivity index (χ4n) is 6.19. The van der Waals surface area contributed by atoms with Gasteiger partial charge < -0.3 is 9.32 Å². The average Bonchev–Trinajstić information content (AvgIpc) is 3.46. The summed E-state index contributed by atoms with van der Waals surface area (Å²) in [5.74, 6) is 2.46. The minimum atomic E-state index is -0.323. The largest absolute Gasteiger partial charge is 0.464 e. The Kier molecular flexibility index (Phi) is 3.66. The first-order valence-corrected chi connectivity index (χ1v) is 10.6. The monoisotopic (exact) mass is 387 g/mol. The number of carbonyl (C=O) groups is 1. The molecule has 0 saturated carbocycles. The molecule has 5 heterocycles. The lowest BCUT2D eigenvalue weighted by molar-refractivity contribution is -0.137. The van der Waals surface area contributed by atoms with Crippen LogP contribution in [0.4, 0.5) is 0 Å². The smallest absolute Gasteiger partial charge is 0.243 e. The summed E-state index contributed by atoms with van der Waals surface area (Å²) in [6.07, 6.45) is 4.96. The molecule has 3 aliphatic rings. The summed E-state index contributed by atoms with van der Waals surface area (Å²) in [7, 11) is 0. The molecule has 0 bridgehead atoms. The van der Waals surface area contributed by atoms with Crippen LogP contribution in [0.25, 0.3) is 10.9 Å². The van der Waals surface area contributed by atoms with Gasteiger partial charge in [0.15, 0.2) is 0 Å². The van der Waals surface area contributed by atoms with Crippen LogP contribution < -0.4 is 0 Å². The molecule has 3 saturated heterocycles. The van der Waals surface area contributed by atoms with Crippen LogP contribution in [-0.2, 0) is 11.3 Å². The average molecular weight is 387 g/mol. The molecule has 6 rings (SSSR count). The maximum absolute atomic E-state index is 13.7. The van der Waals surface area contributed by atoms with E-state index in [9.17, 15) is 4.79 Å². The minimum Gasteiger partial charge on any atom is -0.464 e. The molecule has 1 spiro atoms. The molecule has 1 amide bonds. The fourth-order valence-corrected chi connectivity index (χ4v) is 6.19. The van der Waals surface area contributed by atoms with Crippen LogP contribution >= 0.6 is 0 Å². The highest BCUT2D eigenvalue weighted by molar-refractivity contribution is 5.91. The van der Waals surface area contributed by atoms with Crippen LogP contribution in [0, 0.1) is 12.8 Å². The van der Waals surface area contributed by atoms with Crippen molar-refractivity contribution in [2.45, 2.75) is 44.3 Å². The number of pyridine rings is 1. The second-order valence-corrected chi connectivity index (χ2v) is 8.78. The van der Waals surface area contributed by atoms with Crippen molar-refractivity contribution in [3.05, 3.63) is 65.7 Å². The van der Waals surface area contributed by atoms with E-state index < -0.39 is 0 Å². The van der Waals surface area contributed by atoms with Crippen LogP contribution in [-0.4, -0.2) is 39.3 Å². The van der Waals surface area contributed by atoms with E-state index in [0.29, 0.717) is 24.4 Å². The highest BCUT2D eigenvalue weighted by atomic mass is 16.3. The second-order valence-electron chi connectivity index (χ2n) is 8.78. The molecule has 5 nitrogen and oxygen atoms in total. The Labute approximate surface area is 170 Å². The molecule has 5 heteroatoms. The highest BCUT2D eigenvalue weighted by Gasteiger charge is 2.65. The Bertz CT molecular complexity index is 1100. The van der Waals surface area contributed by atoms with Gasteiger partial charge in [0.05, 0.1) is 12.1 Å². The molecule has 148 valence electrons. The number of hydrogen-bond acceptors (Lipinski definition) is 4. The van der Waals surface area contributed by atoms with Gasteiger partial charge >= 0.3 is 0 Å². The van der Waals surface area contributed by atoms with Gasteiger partial charge in [-0.1, -0.05) is 18.2 Å². The van der Waals surface area contributed by atoms with Gasteiger partial charge in [-0.15, -0.1) is 0 Å². The lowest BCUT2D eigenvalue weighted by atomic mass is 9.85. The number of furan rings is 1. The molecule has 0 N–H and O–H groups in total. The topological polar surface area (TPSA) is 49.6 Å². The van der Waals surface area contributed by atoms with Gasteiger partial charge in [0, 0.05) is 30.1 Å². The molecule has 3 fully saturated rings. The third-order valence-electron chi connectivity index (χ3n) is 7.31. The van der Waals surface area contributed by atoms with Crippen molar-refractivity contribution in [2.24, 2.45) is 5.92 Å². The number of amides is 1. The molecule has 3 aromatic rings. The van der Waals surface area contributed by atoms with Crippen LogP contribution in [0.15, 0.2) is 53.1 Å². The number of nitrogens with zero attached hydrogens (tertiary/aromatic N) is 3. The molecular weight excluding hydrogens is 362 g/mol. The summed E-state index contributed by atoms with van der Waals surface area (Å²) >= 11 is 0. The summed E-state index contributed by atoms with van der Waals surface area (Å²) in [5, 5.41) is 1.22. The van der Waals surface area contributed by atoms with E-state index in [1.807, 2.05) is 36.2 Å². The maximum Gasteiger partial charge on any atom is 0.243 e. The molecule has 0 radical (unpaired) electrons. The van der Waals surface area contributed by atoms with Crippen molar-refractivity contribution in [3.63, 3.8) is 0 Å². The zero-order valence-electron chi connectivity index (χ0n) is 16.7. The molecule has 3 aliphatic heterocycles. The molecule has 0 unspecified atom stereocenters. The van der Waals surface area contributed by atoms with Gasteiger partial charge in [0.2, 0.25) is 5.91 Å². The predicted octanol–water partition coefficient (Wildman–Crippen LogP) is 4.07. The van der Waals surface area contributed by atoms with Crippen molar-refractivity contribution in [1.82, 2.24) is 14.8 Å². The van der Waals surface area contributed by atoms with E-state index >= 15 is 0 Å². The van der Waals surface area contributed by atoms with Crippen molar-refractivity contribution in [2.75, 3.05) is 13.1 Å². The van der Waals surface area contributed by atoms with Gasteiger partial charge in [-0.05, 0) is 62.6 Å². The number of hydrogen-bond donors (Lipinski definition) is 0. The number of aryl methyl sites for hydroxylation is 1. The third-order valence-corrected chi connectivity index (χ3v) is 7.31. The maximum atomic E-state index is 13.7. The fraction of sp³-hybridized carbons (Fsp3) is 0.417. The lowest BCUT2D eigenvalue weighted by Crippen LogP contribution is -2.49. The van der Waals surface area contributed by atoms with Gasteiger partial charge in [0.25, 0.3) is 0 Å². The summed E-state index contributed by atoms with van der Waals surface area (Å²) in [5.41, 5.74) is 2.04. The Morgan fingerprint density at radius 1 is 1.21 bits per heavy atom. The number of fused-ring (bicyclic) bond motifs is 1. The van der Waals surface area contributed by atoms with Gasteiger partial charge in [0.1, 0.15) is 17.1 Å². The Morgan fingerprint density at radius 3 is 3.00 bits per heavy atom. The molecular formula is C24H25N3O2. The van der Waals surface area contributed by atoms with Crippen molar-refractivity contribution in [3.8, 4) is 0 Å². The normalized spacial score (nSPS) is 29.0. The van der Waals surface area contributed by atoms with Gasteiger partial charge in [-0.3, -0.25) is 14.7 Å². The molecule has 1 aromatic carbocycles. The first-order valence-electron chi connectivity index (χ1n) is 10.6. The zero-order chi connectivity index (χ0) is 19.6. The SMILES string of the molecule is Cc1ccc(CN2C[C@@H]3C[C@@H](c4cccc5ncccc45)N4CCC[C@@]34C2=O)o1. The summed E-state index contributed by atoms with van der Waals surface area (Å²) in [4.78, 5) is 22.8. The highest BCUT2D eigenvalue weighted by Crippen LogP contribution is 2.56. The minimum absolute atomic E-state index is 0.298. The molecule has 0 aliphatic carbocycles. The third kappa shape index (κ3) is 2.37. The summed E-state index contributed by atoms with van der Waals surface area (Å²) in [6, 6.07) is 14.9. The van der Waals surface area contributed by atoms with E-state index in [-0.39, 0.29) is 5.54 Å². The standard InChI is InChI=1S/C24H25N3O2/c1-16-8-9-18(29-16)15-26-14-17-13-22(27-12-4-10-24(17,27)23(26)28)20-5-2-7-21-19(20)6-3-11-25-21/h2-3,5-9,11,17,22H,4,10,12-15H2,1H3/t17-,22-,24-/m0/s1. The molecule has 3 atom stereocenters. The predicted molar refractivity (Wildman–Crippen MR) is 110 cm³/mol. The van der Waals surface area contributed by atoms with E-state index in [4.69, 9.17) is 4.42 Å². The Balaban J connectivity index is 1.35. The number of rotatable bonds is 3. The first kappa shape index (κ1) is 17.2. The Hall–Kier alpha value is -2.66. The van der Waals surface area contributed by atoms with Crippen molar-refractivity contribution in [1.29, 1.82) is 0 Å². The van der Waals surface area contributed by atoms with Crippen LogP contribution in [0.3, 0.4) is 0 Å². The van der Waals surface area contributed by atoms with E-state index in [1.165, 1.54) is 10.9 Å².